The molecular weight excluding hydrogens is 354 g/mol. The van der Waals surface area contributed by atoms with Crippen LogP contribution < -0.4 is 4.74 Å². The van der Waals surface area contributed by atoms with Gasteiger partial charge in [0.15, 0.2) is 15.6 Å². The fraction of sp³-hybridized carbons (Fsp3) is 0.579. The maximum atomic E-state index is 12.9. The molecule has 1 aromatic rings. The molecule has 4 atom stereocenters. The van der Waals surface area contributed by atoms with Crippen molar-refractivity contribution >= 4 is 21.5 Å². The van der Waals surface area contributed by atoms with Crippen molar-refractivity contribution < 1.29 is 22.7 Å². The van der Waals surface area contributed by atoms with Crippen molar-refractivity contribution in [3.05, 3.63) is 29.8 Å². The minimum absolute atomic E-state index is 0.0453. The second kappa shape index (κ2) is 5.31. The van der Waals surface area contributed by atoms with Gasteiger partial charge in [0.05, 0.1) is 23.5 Å². The number of amides is 1. The summed E-state index contributed by atoms with van der Waals surface area (Å²) in [4.78, 5) is 27.2. The third kappa shape index (κ3) is 2.32. The Bertz CT molecular complexity index is 896. The Labute approximate surface area is 152 Å². The smallest absolute Gasteiger partial charge is 0.226 e. The van der Waals surface area contributed by atoms with E-state index >= 15 is 0 Å². The first-order valence-electron chi connectivity index (χ1n) is 9.21. The first-order valence-corrected chi connectivity index (χ1v) is 11.0. The molecule has 2 aliphatic carbocycles. The number of nitrogens with zero attached hydrogens (tertiary/aromatic N) is 1. The second-order valence-electron chi connectivity index (χ2n) is 7.99. The van der Waals surface area contributed by atoms with E-state index in [1.807, 2.05) is 18.2 Å². The minimum Gasteiger partial charge on any atom is -0.486 e. The number of Topliss-reactive ketones (excluding diaryl/α,β-unsaturated/α-hetero) is 1. The van der Waals surface area contributed by atoms with Gasteiger partial charge in [-0.05, 0) is 30.9 Å². The van der Waals surface area contributed by atoms with Gasteiger partial charge in [-0.2, -0.15) is 0 Å². The van der Waals surface area contributed by atoms with Crippen LogP contribution in [0.4, 0.5) is 0 Å². The highest BCUT2D eigenvalue weighted by Crippen LogP contribution is 2.66. The summed E-state index contributed by atoms with van der Waals surface area (Å²) in [6.45, 7) is 0.569. The van der Waals surface area contributed by atoms with Crippen molar-refractivity contribution in [3.8, 4) is 5.75 Å². The van der Waals surface area contributed by atoms with Crippen molar-refractivity contribution in [2.45, 2.75) is 24.9 Å². The number of hydrogen-bond acceptors (Lipinski definition) is 5. The van der Waals surface area contributed by atoms with E-state index in [-0.39, 0.29) is 54.0 Å². The summed E-state index contributed by atoms with van der Waals surface area (Å²) >= 11 is 0. The summed E-state index contributed by atoms with van der Waals surface area (Å²) in [5, 5.41) is 0. The van der Waals surface area contributed by atoms with Crippen LogP contribution >= 0.6 is 0 Å². The normalized spacial score (nSPS) is 37.0. The number of rotatable bonds is 1. The third-order valence-electron chi connectivity index (χ3n) is 6.58. The lowest BCUT2D eigenvalue weighted by atomic mass is 9.84. The van der Waals surface area contributed by atoms with Gasteiger partial charge in [0.25, 0.3) is 0 Å². The maximum Gasteiger partial charge on any atom is 0.226 e. The zero-order valence-corrected chi connectivity index (χ0v) is 15.2. The number of ketones is 1. The zero-order chi connectivity index (χ0) is 18.1. The number of carbonyl (C=O) groups excluding carboxylic acids is 2. The Morgan fingerprint density at radius 2 is 1.92 bits per heavy atom. The van der Waals surface area contributed by atoms with Crippen molar-refractivity contribution in [3.63, 3.8) is 0 Å². The number of sulfone groups is 1. The van der Waals surface area contributed by atoms with Crippen LogP contribution in [0.5, 0.6) is 5.75 Å². The Balaban J connectivity index is 1.36. The number of benzene rings is 1. The van der Waals surface area contributed by atoms with E-state index in [1.54, 1.807) is 11.0 Å². The Morgan fingerprint density at radius 3 is 2.69 bits per heavy atom. The van der Waals surface area contributed by atoms with Gasteiger partial charge in [-0.3, -0.25) is 9.59 Å². The summed E-state index contributed by atoms with van der Waals surface area (Å²) in [6.07, 6.45) is 2.03. The highest BCUT2D eigenvalue weighted by molar-refractivity contribution is 7.91. The van der Waals surface area contributed by atoms with E-state index in [0.29, 0.717) is 17.7 Å². The van der Waals surface area contributed by atoms with Crippen LogP contribution in [0, 0.1) is 17.8 Å². The fourth-order valence-corrected chi connectivity index (χ4v) is 6.44. The molecule has 4 unspecified atom stereocenters. The van der Waals surface area contributed by atoms with Crippen molar-refractivity contribution in [1.29, 1.82) is 0 Å². The van der Waals surface area contributed by atoms with Gasteiger partial charge >= 0.3 is 0 Å². The van der Waals surface area contributed by atoms with Gasteiger partial charge in [0, 0.05) is 24.9 Å². The average molecular weight is 375 g/mol. The molecule has 4 aliphatic rings. The molecule has 2 heterocycles. The van der Waals surface area contributed by atoms with E-state index in [4.69, 9.17) is 4.74 Å². The summed E-state index contributed by atoms with van der Waals surface area (Å²) in [7, 11) is -3.00. The number of para-hydroxylation sites is 1. The number of ether oxygens (including phenoxy) is 1. The van der Waals surface area contributed by atoms with Gasteiger partial charge in [-0.1, -0.05) is 12.1 Å². The van der Waals surface area contributed by atoms with Crippen molar-refractivity contribution in [1.82, 2.24) is 4.90 Å². The Hall–Kier alpha value is -1.89. The van der Waals surface area contributed by atoms with Crippen LogP contribution in [0.2, 0.25) is 0 Å². The molecule has 0 radical (unpaired) electrons. The number of hydrogen-bond donors (Lipinski definition) is 0. The monoisotopic (exact) mass is 375 g/mol. The van der Waals surface area contributed by atoms with Crippen LogP contribution in [0.1, 0.15) is 29.6 Å². The average Bonchev–Trinajstić information content (AvgIpc) is 3.25. The summed E-state index contributed by atoms with van der Waals surface area (Å²) < 4.78 is 29.5. The summed E-state index contributed by atoms with van der Waals surface area (Å²) in [6, 6.07) is 7.32. The quantitative estimate of drug-likeness (QED) is 0.739. The molecule has 1 spiro atoms. The lowest BCUT2D eigenvalue weighted by molar-refractivity contribution is -0.134. The zero-order valence-electron chi connectivity index (χ0n) is 14.4. The predicted molar refractivity (Wildman–Crippen MR) is 93.7 cm³/mol. The van der Waals surface area contributed by atoms with E-state index in [1.165, 1.54) is 0 Å². The fourth-order valence-electron chi connectivity index (χ4n) is 5.24. The maximum absolute atomic E-state index is 12.9. The lowest BCUT2D eigenvalue weighted by Crippen LogP contribution is -2.47. The summed E-state index contributed by atoms with van der Waals surface area (Å²) in [5.41, 5.74) is 0.0736. The minimum atomic E-state index is -3.00. The van der Waals surface area contributed by atoms with Crippen LogP contribution in [0.3, 0.4) is 0 Å². The van der Waals surface area contributed by atoms with E-state index < -0.39 is 15.4 Å². The van der Waals surface area contributed by atoms with Crippen molar-refractivity contribution in [2.24, 2.45) is 17.8 Å². The summed E-state index contributed by atoms with van der Waals surface area (Å²) in [5.74, 6) is 1.08. The van der Waals surface area contributed by atoms with Crippen LogP contribution in [-0.2, 0) is 14.6 Å². The van der Waals surface area contributed by atoms with Crippen molar-refractivity contribution in [2.75, 3.05) is 24.6 Å². The molecule has 3 fully saturated rings. The van der Waals surface area contributed by atoms with Crippen LogP contribution in [0.15, 0.2) is 24.3 Å². The molecule has 1 saturated heterocycles. The highest BCUT2D eigenvalue weighted by atomic mass is 32.2. The second-order valence-corrected chi connectivity index (χ2v) is 10.3. The molecule has 2 saturated carbocycles. The lowest BCUT2D eigenvalue weighted by Gasteiger charge is -2.37. The Kier molecular flexibility index (Phi) is 3.33. The first kappa shape index (κ1) is 16.3. The standard InChI is InChI=1S/C19H21NO5S/c21-14-11-19(25-15-4-2-1-3-12(14)15)6-5-13-16(17(13)19)18(22)20-7-9-26(23,24)10-8-20/h1-4,13,16-17H,5-11H2. The van der Waals surface area contributed by atoms with E-state index in [2.05, 4.69) is 0 Å². The molecule has 1 aromatic carbocycles. The number of fused-ring (bicyclic) bond motifs is 3. The molecule has 6 nitrogen and oxygen atoms in total. The largest absolute Gasteiger partial charge is 0.486 e. The molecule has 2 aliphatic heterocycles. The molecule has 0 bridgehead atoms. The van der Waals surface area contributed by atoms with Gasteiger partial charge in [0.2, 0.25) is 5.91 Å². The van der Waals surface area contributed by atoms with E-state index in [0.717, 1.165) is 12.8 Å². The third-order valence-corrected chi connectivity index (χ3v) is 8.19. The molecule has 1 amide bonds. The molecule has 0 N–H and O–H groups in total. The molecule has 0 aromatic heterocycles. The molecule has 138 valence electrons. The number of carbonyl (C=O) groups is 2. The molecule has 7 heteroatoms. The van der Waals surface area contributed by atoms with Crippen LogP contribution in [-0.4, -0.2) is 55.2 Å². The SMILES string of the molecule is O=C1CC2(CCC3C(C(=O)N4CCS(=O)(=O)CC4)C32)Oc2ccccc21. The van der Waals surface area contributed by atoms with Crippen LogP contribution in [0.25, 0.3) is 0 Å². The predicted octanol–water partition coefficient (Wildman–Crippen LogP) is 1.30. The van der Waals surface area contributed by atoms with Gasteiger partial charge in [-0.15, -0.1) is 0 Å². The van der Waals surface area contributed by atoms with Gasteiger partial charge < -0.3 is 9.64 Å². The van der Waals surface area contributed by atoms with E-state index in [9.17, 15) is 18.0 Å². The molecule has 26 heavy (non-hydrogen) atoms. The van der Waals surface area contributed by atoms with Gasteiger partial charge in [-0.25, -0.2) is 8.42 Å². The highest BCUT2D eigenvalue weighted by Gasteiger charge is 2.71. The first-order chi connectivity index (χ1) is 12.4. The topological polar surface area (TPSA) is 80.8 Å². The Morgan fingerprint density at radius 1 is 1.19 bits per heavy atom. The molecular formula is C19H21NO5S. The van der Waals surface area contributed by atoms with Gasteiger partial charge in [0.1, 0.15) is 11.4 Å². The molecule has 5 rings (SSSR count).